The van der Waals surface area contributed by atoms with Gasteiger partial charge < -0.3 is 5.32 Å². The van der Waals surface area contributed by atoms with Crippen molar-refractivity contribution in [3.8, 4) is 0 Å². The third kappa shape index (κ3) is 7.73. The van der Waals surface area contributed by atoms with Crippen LogP contribution in [0.3, 0.4) is 0 Å². The number of hydrogen-bond donors (Lipinski definition) is 2. The van der Waals surface area contributed by atoms with Crippen molar-refractivity contribution in [1.82, 2.24) is 10.0 Å². The molecule has 0 saturated carbocycles. The number of rotatable bonds is 3. The Labute approximate surface area is 79.0 Å². The van der Waals surface area contributed by atoms with Crippen LogP contribution in [0.5, 0.6) is 0 Å². The Morgan fingerprint density at radius 3 is 2.08 bits per heavy atom. The molecule has 0 bridgehead atoms. The molecule has 0 aromatic heterocycles. The van der Waals surface area contributed by atoms with Crippen molar-refractivity contribution in [2.75, 3.05) is 5.88 Å². The highest BCUT2D eigenvalue weighted by Crippen LogP contribution is 2.01. The maximum atomic E-state index is 11.2. The maximum absolute atomic E-state index is 11.2. The van der Waals surface area contributed by atoms with Gasteiger partial charge in [0.2, 0.25) is 15.9 Å². The first-order valence-electron chi connectivity index (χ1n) is 3.88. The summed E-state index contributed by atoms with van der Waals surface area (Å²) in [5.41, 5.74) is -0.517. The first-order chi connectivity index (χ1) is 5.62. The molecule has 0 saturated heterocycles. The molecule has 0 spiro atoms. The SMILES string of the molecule is CC(=O)NCS(=O)(=O)NC(C)(C)C. The van der Waals surface area contributed by atoms with Crippen LogP contribution >= 0.6 is 0 Å². The second-order valence-electron chi connectivity index (χ2n) is 3.84. The van der Waals surface area contributed by atoms with E-state index in [1.165, 1.54) is 6.92 Å². The Bertz CT molecular complexity index is 277. The lowest BCUT2D eigenvalue weighted by molar-refractivity contribution is -0.118. The lowest BCUT2D eigenvalue weighted by Crippen LogP contribution is -2.45. The highest BCUT2D eigenvalue weighted by Gasteiger charge is 2.19. The lowest BCUT2D eigenvalue weighted by Gasteiger charge is -2.20. The van der Waals surface area contributed by atoms with Crippen LogP contribution in [-0.2, 0) is 14.8 Å². The molecule has 0 aliphatic rings. The van der Waals surface area contributed by atoms with Crippen LogP contribution in [-0.4, -0.2) is 25.7 Å². The quantitative estimate of drug-likeness (QED) is 0.674. The largest absolute Gasteiger partial charge is 0.341 e. The van der Waals surface area contributed by atoms with Crippen LogP contribution in [0.4, 0.5) is 0 Å². The van der Waals surface area contributed by atoms with E-state index in [2.05, 4.69) is 10.0 Å². The normalized spacial score (nSPS) is 12.6. The van der Waals surface area contributed by atoms with E-state index in [0.717, 1.165) is 0 Å². The van der Waals surface area contributed by atoms with Crippen molar-refractivity contribution in [1.29, 1.82) is 0 Å². The fourth-order valence-corrected chi connectivity index (χ4v) is 2.10. The van der Waals surface area contributed by atoms with Gasteiger partial charge in [-0.2, -0.15) is 0 Å². The number of sulfonamides is 1. The van der Waals surface area contributed by atoms with Gasteiger partial charge in [0, 0.05) is 12.5 Å². The Kier molecular flexibility index (Phi) is 3.87. The standard InChI is InChI=1S/C7H16N2O3S/c1-6(10)8-5-13(11,12)9-7(2,3)4/h9H,5H2,1-4H3,(H,8,10). The molecule has 0 rings (SSSR count). The summed E-state index contributed by atoms with van der Waals surface area (Å²) in [5.74, 6) is -0.737. The summed E-state index contributed by atoms with van der Waals surface area (Å²) in [6, 6.07) is 0. The molecule has 0 aliphatic heterocycles. The smallest absolute Gasteiger partial charge is 0.230 e. The highest BCUT2D eigenvalue weighted by molar-refractivity contribution is 7.89. The third-order valence-electron chi connectivity index (χ3n) is 0.973. The summed E-state index contributed by atoms with van der Waals surface area (Å²) in [6.45, 7) is 6.47. The molecule has 0 unspecified atom stereocenters. The first-order valence-corrected chi connectivity index (χ1v) is 5.54. The molecule has 0 radical (unpaired) electrons. The van der Waals surface area contributed by atoms with E-state index in [9.17, 15) is 13.2 Å². The van der Waals surface area contributed by atoms with E-state index in [1.807, 2.05) is 0 Å². The van der Waals surface area contributed by atoms with Crippen LogP contribution in [0.1, 0.15) is 27.7 Å². The van der Waals surface area contributed by atoms with Crippen LogP contribution in [0.25, 0.3) is 0 Å². The zero-order chi connectivity index (χ0) is 10.7. The summed E-state index contributed by atoms with van der Waals surface area (Å²) in [5, 5.41) is 2.22. The average Bonchev–Trinajstić information content (AvgIpc) is 1.78. The van der Waals surface area contributed by atoms with Gasteiger partial charge in [-0.05, 0) is 20.8 Å². The Morgan fingerprint density at radius 1 is 1.31 bits per heavy atom. The van der Waals surface area contributed by atoms with E-state index in [4.69, 9.17) is 0 Å². The van der Waals surface area contributed by atoms with Crippen molar-refractivity contribution in [2.24, 2.45) is 0 Å². The zero-order valence-electron chi connectivity index (χ0n) is 8.34. The zero-order valence-corrected chi connectivity index (χ0v) is 9.16. The van der Waals surface area contributed by atoms with Gasteiger partial charge in [-0.1, -0.05) is 0 Å². The van der Waals surface area contributed by atoms with Crippen LogP contribution in [0.2, 0.25) is 0 Å². The van der Waals surface area contributed by atoms with Gasteiger partial charge in [-0.3, -0.25) is 4.79 Å². The molecule has 2 N–H and O–H groups in total. The Hall–Kier alpha value is -0.620. The molecule has 0 aromatic rings. The number of carbonyl (C=O) groups excluding carboxylic acids is 1. The summed E-state index contributed by atoms with van der Waals surface area (Å²) >= 11 is 0. The van der Waals surface area contributed by atoms with Crippen LogP contribution in [0, 0.1) is 0 Å². The molecular formula is C7H16N2O3S. The molecule has 0 aliphatic carbocycles. The van der Waals surface area contributed by atoms with Gasteiger partial charge in [-0.25, -0.2) is 13.1 Å². The summed E-state index contributed by atoms with van der Waals surface area (Å²) in [4.78, 5) is 10.5. The minimum atomic E-state index is -3.42. The summed E-state index contributed by atoms with van der Waals surface area (Å²) < 4.78 is 24.9. The van der Waals surface area contributed by atoms with Crippen molar-refractivity contribution in [2.45, 2.75) is 33.2 Å². The predicted molar refractivity (Wildman–Crippen MR) is 50.5 cm³/mol. The molecule has 0 aromatic carbocycles. The summed E-state index contributed by atoms with van der Waals surface area (Å²) in [6.07, 6.45) is 0. The number of nitrogens with one attached hydrogen (secondary N) is 2. The molecule has 6 heteroatoms. The second kappa shape index (κ2) is 4.06. The maximum Gasteiger partial charge on any atom is 0.230 e. The van der Waals surface area contributed by atoms with Crippen molar-refractivity contribution in [3.05, 3.63) is 0 Å². The molecule has 78 valence electrons. The minimum absolute atomic E-state index is 0.362. The Balaban J connectivity index is 4.19. The third-order valence-corrected chi connectivity index (χ3v) is 2.42. The van der Waals surface area contributed by atoms with E-state index in [0.29, 0.717) is 0 Å². The van der Waals surface area contributed by atoms with Gasteiger partial charge in [-0.15, -0.1) is 0 Å². The first kappa shape index (κ1) is 12.4. The van der Waals surface area contributed by atoms with Gasteiger partial charge >= 0.3 is 0 Å². The molecule has 0 atom stereocenters. The predicted octanol–water partition coefficient (Wildman–Crippen LogP) is -0.202. The topological polar surface area (TPSA) is 75.3 Å². The van der Waals surface area contributed by atoms with Gasteiger partial charge in [0.15, 0.2) is 0 Å². The van der Waals surface area contributed by atoms with Crippen LogP contribution < -0.4 is 10.0 Å². The van der Waals surface area contributed by atoms with E-state index < -0.39 is 15.6 Å². The van der Waals surface area contributed by atoms with E-state index in [-0.39, 0.29) is 11.8 Å². The fraction of sp³-hybridized carbons (Fsp3) is 0.857. The second-order valence-corrected chi connectivity index (χ2v) is 5.57. The highest BCUT2D eigenvalue weighted by atomic mass is 32.2. The van der Waals surface area contributed by atoms with E-state index >= 15 is 0 Å². The molecule has 1 amide bonds. The number of amides is 1. The number of carbonyl (C=O) groups is 1. The summed E-state index contributed by atoms with van der Waals surface area (Å²) in [7, 11) is -3.42. The van der Waals surface area contributed by atoms with E-state index in [1.54, 1.807) is 20.8 Å². The van der Waals surface area contributed by atoms with Gasteiger partial charge in [0.05, 0.1) is 0 Å². The van der Waals surface area contributed by atoms with Crippen molar-refractivity contribution >= 4 is 15.9 Å². The molecule has 0 fully saturated rings. The lowest BCUT2D eigenvalue weighted by atomic mass is 10.1. The van der Waals surface area contributed by atoms with Crippen LogP contribution in [0.15, 0.2) is 0 Å². The Morgan fingerprint density at radius 2 is 1.77 bits per heavy atom. The average molecular weight is 208 g/mol. The molecular weight excluding hydrogens is 192 g/mol. The fourth-order valence-electron chi connectivity index (χ4n) is 0.699. The van der Waals surface area contributed by atoms with Crippen molar-refractivity contribution < 1.29 is 13.2 Å². The molecule has 5 nitrogen and oxygen atoms in total. The molecule has 13 heavy (non-hydrogen) atoms. The van der Waals surface area contributed by atoms with Gasteiger partial charge in [0.1, 0.15) is 5.88 Å². The monoisotopic (exact) mass is 208 g/mol. The van der Waals surface area contributed by atoms with Crippen molar-refractivity contribution in [3.63, 3.8) is 0 Å². The number of hydrogen-bond acceptors (Lipinski definition) is 3. The minimum Gasteiger partial charge on any atom is -0.341 e. The van der Waals surface area contributed by atoms with Gasteiger partial charge in [0.25, 0.3) is 0 Å². The molecule has 0 heterocycles.